The molecule has 0 N–H and O–H groups in total. The first kappa shape index (κ1) is 6.08. The molecule has 0 saturated carbocycles. The maximum absolute atomic E-state index is 11.4. The van der Waals surface area contributed by atoms with Crippen LogP contribution in [-0.4, -0.2) is 6.86 Å². The normalized spacial score (nSPS) is 9.00. The van der Waals surface area contributed by atoms with E-state index in [1.165, 1.54) is 0 Å². The second-order valence-electron chi connectivity index (χ2n) is 1.49. The van der Waals surface area contributed by atoms with Crippen LogP contribution in [0.3, 0.4) is 0 Å². The Hall–Kier alpha value is -1.05. The van der Waals surface area contributed by atoms with Gasteiger partial charge in [0.25, 0.3) is 0 Å². The minimum absolute atomic E-state index is 0.514. The van der Waals surface area contributed by atoms with Gasteiger partial charge in [-0.1, -0.05) is 12.1 Å². The number of halogens is 1. The molecule has 0 saturated heterocycles. The van der Waals surface area contributed by atoms with Crippen LogP contribution in [0.2, 0.25) is 0 Å². The summed E-state index contributed by atoms with van der Waals surface area (Å²) in [5, 5.41) is 0. The summed E-state index contributed by atoms with van der Waals surface area (Å²) in [6.07, 6.45) is 0. The number of benzene rings is 1. The van der Waals surface area contributed by atoms with E-state index >= 15 is 0 Å². The van der Waals surface area contributed by atoms with E-state index in [9.17, 15) is 4.39 Å². The molecule has 1 radical (unpaired) electrons. The van der Waals surface area contributed by atoms with Crippen molar-refractivity contribution in [2.45, 2.75) is 0 Å². The van der Waals surface area contributed by atoms with Gasteiger partial charge in [0.15, 0.2) is 0 Å². The maximum atomic E-state index is 11.4. The summed E-state index contributed by atoms with van der Waals surface area (Å²) in [4.78, 5) is 0. The monoisotopic (exact) mass is 125 g/mol. The minimum Gasteiger partial charge on any atom is -0.463 e. The number of hydrogen-bond acceptors (Lipinski definition) is 1. The Balaban J connectivity index is 2.61. The predicted molar refractivity (Wildman–Crippen MR) is 31.9 cm³/mol. The van der Waals surface area contributed by atoms with Crippen molar-refractivity contribution >= 4 is 0 Å². The second-order valence-corrected chi connectivity index (χ2v) is 1.49. The Morgan fingerprint density at radius 2 is 2.56 bits per heavy atom. The highest BCUT2D eigenvalue weighted by molar-refractivity contribution is 5.19. The zero-order valence-electron chi connectivity index (χ0n) is 4.80. The van der Waals surface area contributed by atoms with E-state index in [1.807, 2.05) is 0 Å². The van der Waals surface area contributed by atoms with Crippen LogP contribution < -0.4 is 4.74 Å². The lowest BCUT2D eigenvalue weighted by atomic mass is 10.3. The third-order valence-electron chi connectivity index (χ3n) is 0.900. The molecule has 0 heterocycles. The third kappa shape index (κ3) is 1.72. The predicted octanol–water partition coefficient (Wildman–Crippen LogP) is 1.79. The Morgan fingerprint density at radius 3 is 3.11 bits per heavy atom. The van der Waals surface area contributed by atoms with Gasteiger partial charge in [0.2, 0.25) is 6.86 Å². The van der Waals surface area contributed by atoms with Crippen LogP contribution in [0, 0.1) is 6.07 Å². The van der Waals surface area contributed by atoms with Gasteiger partial charge in [-0.25, -0.2) is 4.39 Å². The first-order valence-corrected chi connectivity index (χ1v) is 2.58. The first-order chi connectivity index (χ1) is 4.43. The summed E-state index contributed by atoms with van der Waals surface area (Å²) in [7, 11) is 0. The molecule has 0 spiro atoms. The van der Waals surface area contributed by atoms with Crippen LogP contribution in [-0.2, 0) is 0 Å². The standard InChI is InChI=1S/C7H6FO/c8-6-9-7-4-2-1-3-5-7/h1-2,4-5H,6H2. The van der Waals surface area contributed by atoms with E-state index in [4.69, 9.17) is 0 Å². The molecule has 9 heavy (non-hydrogen) atoms. The van der Waals surface area contributed by atoms with Gasteiger partial charge in [0, 0.05) is 0 Å². The smallest absolute Gasteiger partial charge is 0.228 e. The molecule has 47 valence electrons. The number of alkyl halides is 1. The van der Waals surface area contributed by atoms with Gasteiger partial charge in [-0.05, 0) is 18.2 Å². The van der Waals surface area contributed by atoms with Crippen LogP contribution in [0.1, 0.15) is 0 Å². The quantitative estimate of drug-likeness (QED) is 0.585. The van der Waals surface area contributed by atoms with E-state index in [0.29, 0.717) is 5.75 Å². The van der Waals surface area contributed by atoms with Gasteiger partial charge >= 0.3 is 0 Å². The average molecular weight is 125 g/mol. The number of rotatable bonds is 2. The topological polar surface area (TPSA) is 9.23 Å². The molecule has 0 aromatic heterocycles. The van der Waals surface area contributed by atoms with E-state index in [0.717, 1.165) is 0 Å². The summed E-state index contributed by atoms with van der Waals surface area (Å²) in [5.41, 5.74) is 0. The Morgan fingerprint density at radius 1 is 1.67 bits per heavy atom. The molecular weight excluding hydrogens is 119 g/mol. The van der Waals surface area contributed by atoms with E-state index in [1.54, 1.807) is 24.3 Å². The minimum atomic E-state index is -0.780. The molecule has 1 aromatic carbocycles. The van der Waals surface area contributed by atoms with Crippen molar-refractivity contribution in [2.24, 2.45) is 0 Å². The van der Waals surface area contributed by atoms with Gasteiger partial charge in [-0.3, -0.25) is 0 Å². The van der Waals surface area contributed by atoms with Gasteiger partial charge in [0.05, 0.1) is 0 Å². The Bertz CT molecular complexity index is 162. The fourth-order valence-corrected chi connectivity index (χ4v) is 0.530. The van der Waals surface area contributed by atoms with Crippen LogP contribution in [0.5, 0.6) is 5.75 Å². The van der Waals surface area contributed by atoms with E-state index in [2.05, 4.69) is 10.8 Å². The fraction of sp³-hybridized carbons (Fsp3) is 0.143. The summed E-state index contributed by atoms with van der Waals surface area (Å²) < 4.78 is 16.0. The number of hydrogen-bond donors (Lipinski definition) is 0. The summed E-state index contributed by atoms with van der Waals surface area (Å²) in [5.74, 6) is 0.514. The lowest BCUT2D eigenvalue weighted by molar-refractivity contribution is 0.191. The molecule has 0 amide bonds. The van der Waals surface area contributed by atoms with Crippen molar-refractivity contribution in [3.63, 3.8) is 0 Å². The first-order valence-electron chi connectivity index (χ1n) is 2.58. The van der Waals surface area contributed by atoms with Crippen molar-refractivity contribution < 1.29 is 9.13 Å². The van der Waals surface area contributed by atoms with Crippen molar-refractivity contribution in [1.82, 2.24) is 0 Å². The summed E-state index contributed by atoms with van der Waals surface area (Å²) in [6, 6.07) is 9.48. The van der Waals surface area contributed by atoms with E-state index < -0.39 is 6.86 Å². The maximum Gasteiger partial charge on any atom is 0.228 e. The largest absolute Gasteiger partial charge is 0.463 e. The molecule has 2 heteroatoms. The fourth-order valence-electron chi connectivity index (χ4n) is 0.530. The van der Waals surface area contributed by atoms with E-state index in [-0.39, 0.29) is 0 Å². The average Bonchev–Trinajstić information content (AvgIpc) is 1.91. The number of ether oxygens (including phenoxy) is 1. The van der Waals surface area contributed by atoms with Crippen molar-refractivity contribution in [1.29, 1.82) is 0 Å². The lowest BCUT2D eigenvalue weighted by Gasteiger charge is -1.96. The van der Waals surface area contributed by atoms with Crippen molar-refractivity contribution in [3.05, 3.63) is 30.3 Å². The molecule has 0 aliphatic rings. The highest BCUT2D eigenvalue weighted by atomic mass is 19.1. The zero-order chi connectivity index (χ0) is 6.53. The van der Waals surface area contributed by atoms with Crippen LogP contribution in [0.4, 0.5) is 4.39 Å². The molecule has 0 atom stereocenters. The van der Waals surface area contributed by atoms with Crippen molar-refractivity contribution in [3.8, 4) is 5.75 Å². The van der Waals surface area contributed by atoms with Gasteiger partial charge in [-0.2, -0.15) is 0 Å². The highest BCUT2D eigenvalue weighted by Crippen LogP contribution is 2.06. The van der Waals surface area contributed by atoms with Crippen molar-refractivity contribution in [2.75, 3.05) is 6.86 Å². The van der Waals surface area contributed by atoms with Crippen LogP contribution in [0.15, 0.2) is 24.3 Å². The second kappa shape index (κ2) is 3.07. The summed E-state index contributed by atoms with van der Waals surface area (Å²) in [6.45, 7) is -0.780. The molecule has 1 nitrogen and oxygen atoms in total. The van der Waals surface area contributed by atoms with Gasteiger partial charge < -0.3 is 4.74 Å². The van der Waals surface area contributed by atoms with Crippen LogP contribution >= 0.6 is 0 Å². The third-order valence-corrected chi connectivity index (χ3v) is 0.900. The van der Waals surface area contributed by atoms with Gasteiger partial charge in [0.1, 0.15) is 5.75 Å². The molecule has 1 rings (SSSR count). The summed E-state index contributed by atoms with van der Waals surface area (Å²) >= 11 is 0. The Labute approximate surface area is 53.1 Å². The molecule has 0 fully saturated rings. The SMILES string of the molecule is FCOc1c[c]ccc1. The Kier molecular flexibility index (Phi) is 2.07. The molecule has 1 aromatic rings. The zero-order valence-corrected chi connectivity index (χ0v) is 4.80. The molecule has 0 bridgehead atoms. The molecule has 0 aliphatic heterocycles. The lowest BCUT2D eigenvalue weighted by Crippen LogP contribution is -1.87. The molecule has 0 aliphatic carbocycles. The molecular formula is C7H6FO. The highest BCUT2D eigenvalue weighted by Gasteiger charge is 1.85. The van der Waals surface area contributed by atoms with Crippen LogP contribution in [0.25, 0.3) is 0 Å². The van der Waals surface area contributed by atoms with Gasteiger partial charge in [-0.15, -0.1) is 0 Å². The molecule has 0 unspecified atom stereocenters.